The van der Waals surface area contributed by atoms with Crippen molar-refractivity contribution in [2.24, 2.45) is 5.41 Å². The van der Waals surface area contributed by atoms with E-state index in [1.165, 1.54) is 32.2 Å². The largest absolute Gasteiger partial charge is 0.314 e. The van der Waals surface area contributed by atoms with Gasteiger partial charge in [-0.3, -0.25) is 0 Å². The monoisotopic (exact) mass is 185 g/mol. The number of hydrogen-bond acceptors (Lipinski definition) is 1. The van der Waals surface area contributed by atoms with Gasteiger partial charge in [-0.15, -0.1) is 0 Å². The molecule has 1 unspecified atom stereocenters. The third-order valence-electron chi connectivity index (χ3n) is 2.44. The Morgan fingerprint density at radius 1 is 1.15 bits per heavy atom. The lowest BCUT2D eigenvalue weighted by atomic mass is 9.92. The van der Waals surface area contributed by atoms with E-state index < -0.39 is 0 Å². The number of nitrogens with one attached hydrogen (secondary N) is 1. The van der Waals surface area contributed by atoms with Crippen molar-refractivity contribution in [2.75, 3.05) is 6.54 Å². The first-order valence-electron chi connectivity index (χ1n) is 5.73. The molecule has 13 heavy (non-hydrogen) atoms. The van der Waals surface area contributed by atoms with Gasteiger partial charge in [-0.05, 0) is 31.2 Å². The van der Waals surface area contributed by atoms with Gasteiger partial charge in [0.15, 0.2) is 0 Å². The molecule has 1 nitrogen and oxygen atoms in total. The van der Waals surface area contributed by atoms with E-state index in [9.17, 15) is 0 Å². The SMILES string of the molecule is CCCC(CC)NCCC(C)(C)C. The molecular formula is C12H27N. The first-order chi connectivity index (χ1) is 5.99. The fraction of sp³-hybridized carbons (Fsp3) is 1.00. The molecule has 1 N–H and O–H groups in total. The Morgan fingerprint density at radius 3 is 2.15 bits per heavy atom. The topological polar surface area (TPSA) is 12.0 Å². The fourth-order valence-corrected chi connectivity index (χ4v) is 1.45. The Labute approximate surface area is 84.3 Å². The van der Waals surface area contributed by atoms with Crippen molar-refractivity contribution in [1.29, 1.82) is 0 Å². The molecule has 0 rings (SSSR count). The quantitative estimate of drug-likeness (QED) is 0.667. The van der Waals surface area contributed by atoms with Gasteiger partial charge in [0.25, 0.3) is 0 Å². The van der Waals surface area contributed by atoms with Crippen LogP contribution in [0.25, 0.3) is 0 Å². The van der Waals surface area contributed by atoms with E-state index in [2.05, 4.69) is 39.9 Å². The number of rotatable bonds is 6. The highest BCUT2D eigenvalue weighted by Gasteiger charge is 2.10. The standard InChI is InChI=1S/C12H27N/c1-6-8-11(7-2)13-10-9-12(3,4)5/h11,13H,6-10H2,1-5H3. The van der Waals surface area contributed by atoms with E-state index in [-0.39, 0.29) is 0 Å². The van der Waals surface area contributed by atoms with Crippen LogP contribution in [-0.2, 0) is 0 Å². The minimum atomic E-state index is 0.470. The van der Waals surface area contributed by atoms with Crippen LogP contribution in [-0.4, -0.2) is 12.6 Å². The van der Waals surface area contributed by atoms with Gasteiger partial charge < -0.3 is 5.32 Å². The summed E-state index contributed by atoms with van der Waals surface area (Å²) in [5.74, 6) is 0. The molecule has 0 aromatic carbocycles. The summed E-state index contributed by atoms with van der Waals surface area (Å²) in [5.41, 5.74) is 0.470. The number of hydrogen-bond donors (Lipinski definition) is 1. The Bertz CT molecular complexity index is 113. The Balaban J connectivity index is 3.49. The zero-order valence-corrected chi connectivity index (χ0v) is 10.1. The van der Waals surface area contributed by atoms with Gasteiger partial charge in [0.05, 0.1) is 0 Å². The molecule has 0 heterocycles. The van der Waals surface area contributed by atoms with Gasteiger partial charge in [0.1, 0.15) is 0 Å². The smallest absolute Gasteiger partial charge is 0.00643 e. The van der Waals surface area contributed by atoms with Crippen molar-refractivity contribution >= 4 is 0 Å². The van der Waals surface area contributed by atoms with Gasteiger partial charge in [-0.25, -0.2) is 0 Å². The molecule has 0 aliphatic carbocycles. The first-order valence-corrected chi connectivity index (χ1v) is 5.73. The molecule has 0 saturated carbocycles. The van der Waals surface area contributed by atoms with Crippen molar-refractivity contribution in [3.63, 3.8) is 0 Å². The molecule has 0 fully saturated rings. The van der Waals surface area contributed by atoms with Crippen molar-refractivity contribution in [3.05, 3.63) is 0 Å². The third-order valence-corrected chi connectivity index (χ3v) is 2.44. The fourth-order valence-electron chi connectivity index (χ4n) is 1.45. The Morgan fingerprint density at radius 2 is 1.77 bits per heavy atom. The highest BCUT2D eigenvalue weighted by Crippen LogP contribution is 2.17. The van der Waals surface area contributed by atoms with E-state index in [1.807, 2.05) is 0 Å². The molecule has 0 amide bonds. The van der Waals surface area contributed by atoms with Crippen LogP contribution >= 0.6 is 0 Å². The second-order valence-electron chi connectivity index (χ2n) is 5.16. The lowest BCUT2D eigenvalue weighted by Crippen LogP contribution is -2.31. The molecule has 0 saturated heterocycles. The lowest BCUT2D eigenvalue weighted by molar-refractivity contribution is 0.346. The maximum absolute atomic E-state index is 3.63. The second kappa shape index (κ2) is 6.42. The van der Waals surface area contributed by atoms with Gasteiger partial charge in [0, 0.05) is 6.04 Å². The second-order valence-corrected chi connectivity index (χ2v) is 5.16. The highest BCUT2D eigenvalue weighted by atomic mass is 14.9. The van der Waals surface area contributed by atoms with E-state index in [0.717, 1.165) is 6.04 Å². The lowest BCUT2D eigenvalue weighted by Gasteiger charge is -2.21. The maximum Gasteiger partial charge on any atom is 0.00643 e. The van der Waals surface area contributed by atoms with E-state index in [0.29, 0.717) is 5.41 Å². The van der Waals surface area contributed by atoms with Crippen LogP contribution < -0.4 is 5.32 Å². The molecule has 1 heteroatoms. The Kier molecular flexibility index (Phi) is 6.40. The normalized spacial score (nSPS) is 14.5. The van der Waals surface area contributed by atoms with Crippen LogP contribution in [0.3, 0.4) is 0 Å². The molecule has 0 bridgehead atoms. The van der Waals surface area contributed by atoms with Crippen molar-refractivity contribution < 1.29 is 0 Å². The van der Waals surface area contributed by atoms with E-state index in [1.54, 1.807) is 0 Å². The molecular weight excluding hydrogens is 158 g/mol. The van der Waals surface area contributed by atoms with Gasteiger partial charge in [0.2, 0.25) is 0 Å². The minimum absolute atomic E-state index is 0.470. The summed E-state index contributed by atoms with van der Waals surface area (Å²) >= 11 is 0. The van der Waals surface area contributed by atoms with Crippen molar-refractivity contribution in [1.82, 2.24) is 5.32 Å². The van der Waals surface area contributed by atoms with Gasteiger partial charge in [-0.1, -0.05) is 41.0 Å². The molecule has 1 atom stereocenters. The van der Waals surface area contributed by atoms with Crippen molar-refractivity contribution in [2.45, 2.75) is 66.3 Å². The van der Waals surface area contributed by atoms with Crippen LogP contribution in [0.15, 0.2) is 0 Å². The van der Waals surface area contributed by atoms with Crippen LogP contribution in [0.5, 0.6) is 0 Å². The van der Waals surface area contributed by atoms with Crippen LogP contribution in [0.4, 0.5) is 0 Å². The van der Waals surface area contributed by atoms with Crippen LogP contribution in [0, 0.1) is 5.41 Å². The predicted octanol–water partition coefficient (Wildman–Crippen LogP) is 3.59. The molecule has 0 spiro atoms. The summed E-state index contributed by atoms with van der Waals surface area (Å²) in [6.45, 7) is 12.6. The molecule has 0 aromatic rings. The summed E-state index contributed by atoms with van der Waals surface area (Å²) in [7, 11) is 0. The van der Waals surface area contributed by atoms with Crippen LogP contribution in [0.1, 0.15) is 60.3 Å². The predicted molar refractivity (Wildman–Crippen MR) is 61.1 cm³/mol. The Hall–Kier alpha value is -0.0400. The molecule has 80 valence electrons. The minimum Gasteiger partial charge on any atom is -0.314 e. The summed E-state index contributed by atoms with van der Waals surface area (Å²) in [4.78, 5) is 0. The van der Waals surface area contributed by atoms with E-state index in [4.69, 9.17) is 0 Å². The molecule has 0 radical (unpaired) electrons. The molecule has 0 aromatic heterocycles. The summed E-state index contributed by atoms with van der Waals surface area (Å²) in [6, 6.07) is 0.743. The average molecular weight is 185 g/mol. The van der Waals surface area contributed by atoms with Crippen molar-refractivity contribution in [3.8, 4) is 0 Å². The van der Waals surface area contributed by atoms with Gasteiger partial charge >= 0.3 is 0 Å². The zero-order chi connectivity index (χ0) is 10.3. The first kappa shape index (κ1) is 13.0. The maximum atomic E-state index is 3.63. The summed E-state index contributed by atoms with van der Waals surface area (Å²) in [6.07, 6.45) is 5.15. The summed E-state index contributed by atoms with van der Waals surface area (Å²) < 4.78 is 0. The average Bonchev–Trinajstić information content (AvgIpc) is 2.01. The highest BCUT2D eigenvalue weighted by molar-refractivity contribution is 4.68. The summed E-state index contributed by atoms with van der Waals surface area (Å²) in [5, 5.41) is 3.63. The third kappa shape index (κ3) is 8.29. The zero-order valence-electron chi connectivity index (χ0n) is 10.1. The van der Waals surface area contributed by atoms with Gasteiger partial charge in [-0.2, -0.15) is 0 Å². The van der Waals surface area contributed by atoms with E-state index >= 15 is 0 Å². The van der Waals surface area contributed by atoms with Crippen LogP contribution in [0.2, 0.25) is 0 Å². The molecule has 0 aliphatic heterocycles. The molecule has 0 aliphatic rings.